The van der Waals surface area contributed by atoms with Gasteiger partial charge in [0.15, 0.2) is 11.6 Å². The monoisotopic (exact) mass is 293 g/mol. The van der Waals surface area contributed by atoms with Crippen LogP contribution < -0.4 is 10.1 Å². The van der Waals surface area contributed by atoms with Gasteiger partial charge in [-0.3, -0.25) is 0 Å². The zero-order valence-corrected chi connectivity index (χ0v) is 11.6. The average molecular weight is 293 g/mol. The Morgan fingerprint density at radius 2 is 1.81 bits per heavy atom. The van der Waals surface area contributed by atoms with E-state index in [2.05, 4.69) is 5.32 Å². The number of halogens is 2. The van der Waals surface area contributed by atoms with E-state index < -0.39 is 17.7 Å². The number of nitrogens with one attached hydrogen (secondary N) is 1. The lowest BCUT2D eigenvalue weighted by molar-refractivity contribution is 0.174. The minimum absolute atomic E-state index is 0.311. The fourth-order valence-corrected chi connectivity index (χ4v) is 1.95. The van der Waals surface area contributed by atoms with Crippen LogP contribution in [0.4, 0.5) is 8.78 Å². The number of rotatable bonds is 6. The van der Waals surface area contributed by atoms with Gasteiger partial charge < -0.3 is 15.2 Å². The first-order valence-corrected chi connectivity index (χ1v) is 6.57. The van der Waals surface area contributed by atoms with Crippen molar-refractivity contribution in [2.45, 2.75) is 12.6 Å². The third-order valence-corrected chi connectivity index (χ3v) is 3.15. The van der Waals surface area contributed by atoms with Crippen molar-refractivity contribution in [3.63, 3.8) is 0 Å². The number of methoxy groups -OCH3 is 1. The van der Waals surface area contributed by atoms with Gasteiger partial charge in [0.2, 0.25) is 0 Å². The molecular formula is C16H17F2NO2. The Bertz CT molecular complexity index is 587. The summed E-state index contributed by atoms with van der Waals surface area (Å²) in [5.41, 5.74) is 1.38. The van der Waals surface area contributed by atoms with Crippen LogP contribution in [0, 0.1) is 11.6 Å². The Kier molecular flexibility index (Phi) is 5.25. The van der Waals surface area contributed by atoms with Crippen LogP contribution in [0.2, 0.25) is 0 Å². The maximum absolute atomic E-state index is 13.0. The van der Waals surface area contributed by atoms with Crippen molar-refractivity contribution in [2.75, 3.05) is 13.7 Å². The molecular weight excluding hydrogens is 276 g/mol. The van der Waals surface area contributed by atoms with Gasteiger partial charge in [0, 0.05) is 13.1 Å². The first-order valence-electron chi connectivity index (χ1n) is 6.57. The number of hydrogen-bond acceptors (Lipinski definition) is 3. The molecule has 0 saturated heterocycles. The van der Waals surface area contributed by atoms with E-state index in [1.807, 2.05) is 0 Å². The van der Waals surface area contributed by atoms with Gasteiger partial charge in [-0.2, -0.15) is 0 Å². The van der Waals surface area contributed by atoms with Gasteiger partial charge in [0.1, 0.15) is 5.75 Å². The molecule has 0 bridgehead atoms. The summed E-state index contributed by atoms with van der Waals surface area (Å²) >= 11 is 0. The third kappa shape index (κ3) is 4.24. The van der Waals surface area contributed by atoms with E-state index in [1.54, 1.807) is 31.4 Å². The molecule has 0 spiro atoms. The summed E-state index contributed by atoms with van der Waals surface area (Å²) in [6.07, 6.45) is -0.679. The van der Waals surface area contributed by atoms with E-state index >= 15 is 0 Å². The number of ether oxygens (including phenoxy) is 1. The Hall–Kier alpha value is -1.98. The second-order valence-corrected chi connectivity index (χ2v) is 4.67. The maximum atomic E-state index is 13.0. The summed E-state index contributed by atoms with van der Waals surface area (Å²) in [6, 6.07) is 10.8. The minimum Gasteiger partial charge on any atom is -0.497 e. The maximum Gasteiger partial charge on any atom is 0.159 e. The summed E-state index contributed by atoms with van der Waals surface area (Å²) in [7, 11) is 1.58. The van der Waals surface area contributed by atoms with Crippen LogP contribution in [0.5, 0.6) is 5.75 Å². The van der Waals surface area contributed by atoms with Gasteiger partial charge in [0.25, 0.3) is 0 Å². The number of hydrogen-bond donors (Lipinski definition) is 2. The highest BCUT2D eigenvalue weighted by molar-refractivity contribution is 5.28. The summed E-state index contributed by atoms with van der Waals surface area (Å²) < 4.78 is 30.9. The first kappa shape index (κ1) is 15.4. The second kappa shape index (κ2) is 7.15. The van der Waals surface area contributed by atoms with Crippen molar-refractivity contribution in [1.82, 2.24) is 5.32 Å². The van der Waals surface area contributed by atoms with E-state index in [-0.39, 0.29) is 0 Å². The molecule has 5 heteroatoms. The molecule has 0 fully saturated rings. The van der Waals surface area contributed by atoms with Crippen molar-refractivity contribution in [2.24, 2.45) is 0 Å². The number of benzene rings is 2. The SMILES string of the molecule is COc1ccc(C(O)CNCc2ccc(F)c(F)c2)cc1. The van der Waals surface area contributed by atoms with Gasteiger partial charge in [0.05, 0.1) is 13.2 Å². The number of aliphatic hydroxyl groups is 1. The molecule has 0 heterocycles. The normalized spacial score (nSPS) is 12.2. The quantitative estimate of drug-likeness (QED) is 0.860. The molecule has 2 rings (SSSR count). The minimum atomic E-state index is -0.870. The highest BCUT2D eigenvalue weighted by Crippen LogP contribution is 2.17. The van der Waals surface area contributed by atoms with Gasteiger partial charge in [-0.05, 0) is 35.4 Å². The fourth-order valence-electron chi connectivity index (χ4n) is 1.95. The van der Waals surface area contributed by atoms with Crippen LogP contribution in [0.3, 0.4) is 0 Å². The zero-order valence-electron chi connectivity index (χ0n) is 11.6. The van der Waals surface area contributed by atoms with Gasteiger partial charge in [-0.15, -0.1) is 0 Å². The summed E-state index contributed by atoms with van der Waals surface area (Å²) in [5.74, 6) is -1.01. The van der Waals surface area contributed by atoms with Crippen molar-refractivity contribution in [3.8, 4) is 5.75 Å². The lowest BCUT2D eigenvalue weighted by atomic mass is 10.1. The van der Waals surface area contributed by atoms with Crippen molar-refractivity contribution >= 4 is 0 Å². The number of aliphatic hydroxyl groups excluding tert-OH is 1. The highest BCUT2D eigenvalue weighted by Gasteiger charge is 2.08. The molecule has 2 aromatic carbocycles. The molecule has 0 saturated carbocycles. The van der Waals surface area contributed by atoms with Crippen LogP contribution in [0.25, 0.3) is 0 Å². The molecule has 0 aliphatic rings. The fraction of sp³-hybridized carbons (Fsp3) is 0.250. The molecule has 112 valence electrons. The Morgan fingerprint density at radius 3 is 2.43 bits per heavy atom. The van der Waals surface area contributed by atoms with Gasteiger partial charge in [-0.25, -0.2) is 8.78 Å². The molecule has 0 aliphatic carbocycles. The van der Waals surface area contributed by atoms with E-state index in [4.69, 9.17) is 4.74 Å². The zero-order chi connectivity index (χ0) is 15.2. The molecule has 2 N–H and O–H groups in total. The summed E-state index contributed by atoms with van der Waals surface area (Å²) in [4.78, 5) is 0. The van der Waals surface area contributed by atoms with Gasteiger partial charge >= 0.3 is 0 Å². The van der Waals surface area contributed by atoms with E-state index in [0.29, 0.717) is 18.7 Å². The summed E-state index contributed by atoms with van der Waals surface area (Å²) in [5, 5.41) is 13.0. The molecule has 21 heavy (non-hydrogen) atoms. The van der Waals surface area contributed by atoms with Gasteiger partial charge in [-0.1, -0.05) is 18.2 Å². The Morgan fingerprint density at radius 1 is 1.10 bits per heavy atom. The van der Waals surface area contributed by atoms with E-state index in [0.717, 1.165) is 23.4 Å². The van der Waals surface area contributed by atoms with Crippen molar-refractivity contribution in [3.05, 3.63) is 65.2 Å². The average Bonchev–Trinajstić information content (AvgIpc) is 2.51. The first-order chi connectivity index (χ1) is 10.1. The Labute approximate surface area is 122 Å². The molecule has 0 radical (unpaired) electrons. The molecule has 0 amide bonds. The molecule has 2 aromatic rings. The molecule has 1 unspecified atom stereocenters. The third-order valence-electron chi connectivity index (χ3n) is 3.15. The molecule has 1 atom stereocenters. The second-order valence-electron chi connectivity index (χ2n) is 4.67. The van der Waals surface area contributed by atoms with Crippen LogP contribution in [-0.2, 0) is 6.54 Å². The van der Waals surface area contributed by atoms with Crippen LogP contribution >= 0.6 is 0 Å². The predicted molar refractivity (Wildman–Crippen MR) is 76.0 cm³/mol. The molecule has 0 aliphatic heterocycles. The Balaban J connectivity index is 1.85. The topological polar surface area (TPSA) is 41.5 Å². The highest BCUT2D eigenvalue weighted by atomic mass is 19.2. The molecule has 0 aromatic heterocycles. The lowest BCUT2D eigenvalue weighted by Crippen LogP contribution is -2.21. The van der Waals surface area contributed by atoms with Crippen LogP contribution in [0.1, 0.15) is 17.2 Å². The largest absolute Gasteiger partial charge is 0.497 e. The van der Waals surface area contributed by atoms with Crippen molar-refractivity contribution < 1.29 is 18.6 Å². The predicted octanol–water partition coefficient (Wildman–Crippen LogP) is 2.80. The van der Waals surface area contributed by atoms with Crippen LogP contribution in [0.15, 0.2) is 42.5 Å². The van der Waals surface area contributed by atoms with E-state index in [1.165, 1.54) is 6.07 Å². The standard InChI is InChI=1S/C16H17F2NO2/c1-21-13-5-3-12(4-6-13)16(20)10-19-9-11-2-7-14(17)15(18)8-11/h2-8,16,19-20H,9-10H2,1H3. The smallest absolute Gasteiger partial charge is 0.159 e. The van der Waals surface area contributed by atoms with Crippen LogP contribution in [-0.4, -0.2) is 18.8 Å². The lowest BCUT2D eigenvalue weighted by Gasteiger charge is -2.13. The summed E-state index contributed by atoms with van der Waals surface area (Å²) in [6.45, 7) is 0.662. The van der Waals surface area contributed by atoms with Crippen molar-refractivity contribution in [1.29, 1.82) is 0 Å². The molecule has 3 nitrogen and oxygen atoms in total. The van der Waals surface area contributed by atoms with E-state index in [9.17, 15) is 13.9 Å².